The number of hydrogen-bond donors (Lipinski definition) is 1. The highest BCUT2D eigenvalue weighted by Crippen LogP contribution is 2.36. The van der Waals surface area contributed by atoms with Gasteiger partial charge in [0.2, 0.25) is 0 Å². The zero-order valence-corrected chi connectivity index (χ0v) is 12.3. The van der Waals surface area contributed by atoms with E-state index in [-0.39, 0.29) is 0 Å². The normalized spacial score (nSPS) is 16.2. The van der Waals surface area contributed by atoms with Crippen molar-refractivity contribution in [1.82, 2.24) is 9.97 Å². The SMILES string of the molecule is CCOCc1nc(NC)cc(N(C)C(C)C2CC2)n1. The van der Waals surface area contributed by atoms with Gasteiger partial charge >= 0.3 is 0 Å². The minimum atomic E-state index is 0.463. The number of nitrogens with zero attached hydrogens (tertiary/aromatic N) is 3. The molecule has 106 valence electrons. The van der Waals surface area contributed by atoms with Crippen molar-refractivity contribution in [3.63, 3.8) is 0 Å². The summed E-state index contributed by atoms with van der Waals surface area (Å²) in [6.45, 7) is 5.38. The molecule has 1 aromatic heterocycles. The smallest absolute Gasteiger partial charge is 0.158 e. The Morgan fingerprint density at radius 2 is 2.21 bits per heavy atom. The lowest BCUT2D eigenvalue weighted by Crippen LogP contribution is -2.31. The first-order valence-corrected chi connectivity index (χ1v) is 7.02. The Kier molecular flexibility index (Phi) is 4.58. The van der Waals surface area contributed by atoms with Gasteiger partial charge in [0.1, 0.15) is 18.2 Å². The molecule has 1 atom stereocenters. The van der Waals surface area contributed by atoms with Gasteiger partial charge in [-0.3, -0.25) is 0 Å². The van der Waals surface area contributed by atoms with Crippen LogP contribution >= 0.6 is 0 Å². The van der Waals surface area contributed by atoms with Crippen LogP contribution in [0.15, 0.2) is 6.07 Å². The van der Waals surface area contributed by atoms with Gasteiger partial charge < -0.3 is 15.0 Å². The number of hydrogen-bond acceptors (Lipinski definition) is 5. The summed E-state index contributed by atoms with van der Waals surface area (Å²) >= 11 is 0. The highest BCUT2D eigenvalue weighted by Gasteiger charge is 2.31. The Morgan fingerprint density at radius 1 is 1.47 bits per heavy atom. The maximum absolute atomic E-state index is 5.40. The van der Waals surface area contributed by atoms with Gasteiger partial charge in [-0.1, -0.05) is 0 Å². The van der Waals surface area contributed by atoms with Gasteiger partial charge in [0.25, 0.3) is 0 Å². The topological polar surface area (TPSA) is 50.3 Å². The molecule has 0 radical (unpaired) electrons. The van der Waals surface area contributed by atoms with E-state index in [1.807, 2.05) is 20.0 Å². The van der Waals surface area contributed by atoms with Gasteiger partial charge in [-0.05, 0) is 32.6 Å². The van der Waals surface area contributed by atoms with Gasteiger partial charge in [0.05, 0.1) is 0 Å². The lowest BCUT2D eigenvalue weighted by atomic mass is 10.2. The average Bonchev–Trinajstić information content (AvgIpc) is 3.27. The molecule has 1 N–H and O–H groups in total. The van der Waals surface area contributed by atoms with Gasteiger partial charge in [0, 0.05) is 32.8 Å². The molecule has 1 aromatic rings. The number of aromatic nitrogens is 2. The molecule has 1 heterocycles. The molecule has 0 saturated heterocycles. The minimum Gasteiger partial charge on any atom is -0.374 e. The quantitative estimate of drug-likeness (QED) is 0.819. The summed E-state index contributed by atoms with van der Waals surface area (Å²) < 4.78 is 5.40. The van der Waals surface area contributed by atoms with Crippen molar-refractivity contribution in [2.75, 3.05) is 30.9 Å². The van der Waals surface area contributed by atoms with Crippen molar-refractivity contribution in [3.05, 3.63) is 11.9 Å². The van der Waals surface area contributed by atoms with E-state index in [0.29, 0.717) is 19.3 Å². The standard InChI is InChI=1S/C14H24N4O/c1-5-19-9-13-16-12(15-3)8-14(17-13)18(4)10(2)11-6-7-11/h8,10-11H,5-7,9H2,1-4H3,(H,15,16,17). The molecule has 19 heavy (non-hydrogen) atoms. The zero-order chi connectivity index (χ0) is 13.8. The maximum atomic E-state index is 5.40. The molecule has 0 aliphatic heterocycles. The molecule has 0 spiro atoms. The Hall–Kier alpha value is -1.36. The van der Waals surface area contributed by atoms with Crippen LogP contribution in [0.1, 0.15) is 32.5 Å². The minimum absolute atomic E-state index is 0.463. The molecule has 1 unspecified atom stereocenters. The number of nitrogens with one attached hydrogen (secondary N) is 1. The molecule has 5 nitrogen and oxygen atoms in total. The molecule has 1 aliphatic carbocycles. The third kappa shape index (κ3) is 3.56. The van der Waals surface area contributed by atoms with Crippen molar-refractivity contribution in [1.29, 1.82) is 0 Å². The number of anilines is 2. The van der Waals surface area contributed by atoms with Crippen LogP contribution in [-0.4, -0.2) is 36.7 Å². The van der Waals surface area contributed by atoms with E-state index in [1.165, 1.54) is 12.8 Å². The fraction of sp³-hybridized carbons (Fsp3) is 0.714. The van der Waals surface area contributed by atoms with Gasteiger partial charge in [0.15, 0.2) is 5.82 Å². The largest absolute Gasteiger partial charge is 0.374 e. The van der Waals surface area contributed by atoms with E-state index in [1.54, 1.807) is 0 Å². The second kappa shape index (κ2) is 6.19. The van der Waals surface area contributed by atoms with E-state index in [0.717, 1.165) is 23.4 Å². The van der Waals surface area contributed by atoms with E-state index < -0.39 is 0 Å². The highest BCUT2D eigenvalue weighted by atomic mass is 16.5. The molecule has 5 heteroatoms. The summed E-state index contributed by atoms with van der Waals surface area (Å²) in [5.74, 6) is 3.36. The lowest BCUT2D eigenvalue weighted by molar-refractivity contribution is 0.128. The first kappa shape index (κ1) is 14.1. The summed E-state index contributed by atoms with van der Waals surface area (Å²) in [4.78, 5) is 11.3. The summed E-state index contributed by atoms with van der Waals surface area (Å²) in [6.07, 6.45) is 2.67. The molecule has 0 amide bonds. The molecule has 2 rings (SSSR count). The first-order valence-electron chi connectivity index (χ1n) is 7.02. The van der Waals surface area contributed by atoms with E-state index in [2.05, 4.69) is 34.2 Å². The highest BCUT2D eigenvalue weighted by molar-refractivity contribution is 5.49. The van der Waals surface area contributed by atoms with Crippen molar-refractivity contribution in [2.24, 2.45) is 5.92 Å². The Morgan fingerprint density at radius 3 is 2.79 bits per heavy atom. The molecule has 0 aromatic carbocycles. The molecular formula is C14H24N4O. The molecule has 1 saturated carbocycles. The summed E-state index contributed by atoms with van der Waals surface area (Å²) in [7, 11) is 3.98. The van der Waals surface area contributed by atoms with Crippen molar-refractivity contribution in [2.45, 2.75) is 39.3 Å². The first-order chi connectivity index (χ1) is 9.15. The van der Waals surface area contributed by atoms with Crippen LogP contribution in [0.5, 0.6) is 0 Å². The second-order valence-corrected chi connectivity index (χ2v) is 5.10. The van der Waals surface area contributed by atoms with Crippen LogP contribution in [0.3, 0.4) is 0 Å². The Bertz CT molecular complexity index is 420. The predicted octanol–water partition coefficient (Wildman–Crippen LogP) is 2.29. The van der Waals surface area contributed by atoms with Crippen LogP contribution < -0.4 is 10.2 Å². The van der Waals surface area contributed by atoms with Crippen LogP contribution in [0.4, 0.5) is 11.6 Å². The lowest BCUT2D eigenvalue weighted by Gasteiger charge is -2.26. The van der Waals surface area contributed by atoms with Crippen molar-refractivity contribution >= 4 is 11.6 Å². The molecule has 1 fully saturated rings. The van der Waals surface area contributed by atoms with Gasteiger partial charge in [-0.2, -0.15) is 0 Å². The molecular weight excluding hydrogens is 240 g/mol. The van der Waals surface area contributed by atoms with Crippen LogP contribution in [0.25, 0.3) is 0 Å². The maximum Gasteiger partial charge on any atom is 0.158 e. The van der Waals surface area contributed by atoms with Crippen molar-refractivity contribution < 1.29 is 4.74 Å². The molecule has 1 aliphatic rings. The van der Waals surface area contributed by atoms with Crippen LogP contribution in [0.2, 0.25) is 0 Å². The van der Waals surface area contributed by atoms with E-state index in [9.17, 15) is 0 Å². The van der Waals surface area contributed by atoms with Crippen LogP contribution in [0, 0.1) is 5.92 Å². The Balaban J connectivity index is 2.17. The third-order valence-corrected chi connectivity index (χ3v) is 3.73. The second-order valence-electron chi connectivity index (χ2n) is 5.10. The molecule has 0 bridgehead atoms. The third-order valence-electron chi connectivity index (χ3n) is 3.73. The fourth-order valence-corrected chi connectivity index (χ4v) is 2.15. The fourth-order valence-electron chi connectivity index (χ4n) is 2.15. The average molecular weight is 264 g/mol. The zero-order valence-electron chi connectivity index (χ0n) is 12.3. The number of ether oxygens (including phenoxy) is 1. The predicted molar refractivity (Wildman–Crippen MR) is 77.5 cm³/mol. The number of rotatable bonds is 7. The van der Waals surface area contributed by atoms with Gasteiger partial charge in [-0.15, -0.1) is 0 Å². The monoisotopic (exact) mass is 264 g/mol. The van der Waals surface area contributed by atoms with Gasteiger partial charge in [-0.25, -0.2) is 9.97 Å². The van der Waals surface area contributed by atoms with Crippen LogP contribution in [-0.2, 0) is 11.3 Å². The van der Waals surface area contributed by atoms with E-state index >= 15 is 0 Å². The Labute approximate surface area is 115 Å². The summed E-state index contributed by atoms with van der Waals surface area (Å²) in [5, 5.41) is 3.09. The summed E-state index contributed by atoms with van der Waals surface area (Å²) in [5.41, 5.74) is 0. The van der Waals surface area contributed by atoms with Crippen molar-refractivity contribution in [3.8, 4) is 0 Å². The summed E-state index contributed by atoms with van der Waals surface area (Å²) in [6, 6.07) is 2.52. The van der Waals surface area contributed by atoms with E-state index in [4.69, 9.17) is 4.74 Å².